The Morgan fingerprint density at radius 2 is 1.92 bits per heavy atom. The lowest BCUT2D eigenvalue weighted by Gasteiger charge is -2.35. The molecule has 1 saturated carbocycles. The van der Waals surface area contributed by atoms with Crippen LogP contribution < -0.4 is 4.90 Å². The maximum absolute atomic E-state index is 13.1. The van der Waals surface area contributed by atoms with E-state index < -0.39 is 6.43 Å². The van der Waals surface area contributed by atoms with Crippen LogP contribution in [0, 0.1) is 6.92 Å². The molecule has 0 atom stereocenters. The van der Waals surface area contributed by atoms with Crippen LogP contribution in [0.15, 0.2) is 10.6 Å². The van der Waals surface area contributed by atoms with Gasteiger partial charge in [0, 0.05) is 45.1 Å². The van der Waals surface area contributed by atoms with Crippen LogP contribution in [0.2, 0.25) is 0 Å². The van der Waals surface area contributed by atoms with E-state index in [2.05, 4.69) is 29.9 Å². The number of halogens is 2. The molecule has 9 heteroatoms. The van der Waals surface area contributed by atoms with E-state index in [1.54, 1.807) is 6.92 Å². The fraction of sp³-hybridized carbons (Fsp3) is 0.625. The topological polar surface area (TPSA) is 71.2 Å². The lowest BCUT2D eigenvalue weighted by atomic mass is 10.2. The summed E-state index contributed by atoms with van der Waals surface area (Å²) in [5.74, 6) is 2.66. The van der Waals surface area contributed by atoms with Crippen molar-refractivity contribution >= 4 is 5.82 Å². The molecule has 7 nitrogen and oxygen atoms in total. The normalized spacial score (nSPS) is 19.0. The van der Waals surface area contributed by atoms with Crippen molar-refractivity contribution < 1.29 is 13.3 Å². The van der Waals surface area contributed by atoms with Gasteiger partial charge in [0.1, 0.15) is 17.3 Å². The Morgan fingerprint density at radius 3 is 2.52 bits per heavy atom. The molecule has 0 radical (unpaired) electrons. The minimum Gasteiger partial charge on any atom is -0.354 e. The summed E-state index contributed by atoms with van der Waals surface area (Å²) in [7, 11) is 0. The lowest BCUT2D eigenvalue weighted by molar-refractivity contribution is 0.145. The summed E-state index contributed by atoms with van der Waals surface area (Å²) in [5.41, 5.74) is -0.170. The van der Waals surface area contributed by atoms with E-state index in [1.807, 2.05) is 0 Å². The second-order valence-corrected chi connectivity index (χ2v) is 6.58. The lowest BCUT2D eigenvalue weighted by Crippen LogP contribution is -2.46. The highest BCUT2D eigenvalue weighted by Crippen LogP contribution is 2.39. The SMILES string of the molecule is Cc1nc(CN2CCN(c3cc(C(F)F)nc(C4CC4)n3)CC2)no1. The smallest absolute Gasteiger partial charge is 0.280 e. The molecule has 4 rings (SSSR count). The van der Waals surface area contributed by atoms with Crippen LogP contribution >= 0.6 is 0 Å². The first-order valence-corrected chi connectivity index (χ1v) is 8.52. The molecule has 1 aliphatic heterocycles. The van der Waals surface area contributed by atoms with Gasteiger partial charge in [-0.25, -0.2) is 18.7 Å². The van der Waals surface area contributed by atoms with Gasteiger partial charge in [0.15, 0.2) is 5.82 Å². The van der Waals surface area contributed by atoms with Crippen LogP contribution in [-0.2, 0) is 6.54 Å². The molecular weight excluding hydrogens is 330 g/mol. The Labute approximate surface area is 144 Å². The first-order chi connectivity index (χ1) is 12.1. The highest BCUT2D eigenvalue weighted by Gasteiger charge is 2.29. The van der Waals surface area contributed by atoms with Gasteiger partial charge < -0.3 is 9.42 Å². The zero-order valence-corrected chi connectivity index (χ0v) is 14.0. The fourth-order valence-electron chi connectivity index (χ4n) is 3.01. The molecule has 1 aliphatic carbocycles. The van der Waals surface area contributed by atoms with E-state index in [0.29, 0.717) is 29.9 Å². The van der Waals surface area contributed by atoms with E-state index in [0.717, 1.165) is 39.0 Å². The first-order valence-electron chi connectivity index (χ1n) is 8.52. The van der Waals surface area contributed by atoms with Crippen molar-refractivity contribution in [2.45, 2.75) is 38.7 Å². The van der Waals surface area contributed by atoms with E-state index >= 15 is 0 Å². The second kappa shape index (κ2) is 6.62. The van der Waals surface area contributed by atoms with E-state index in [9.17, 15) is 8.78 Å². The zero-order valence-electron chi connectivity index (χ0n) is 14.0. The molecule has 0 amide bonds. The monoisotopic (exact) mass is 350 g/mol. The van der Waals surface area contributed by atoms with Crippen LogP contribution in [-0.4, -0.2) is 51.2 Å². The van der Waals surface area contributed by atoms with Gasteiger partial charge in [0.05, 0.1) is 6.54 Å². The van der Waals surface area contributed by atoms with Crippen molar-refractivity contribution in [2.24, 2.45) is 0 Å². The van der Waals surface area contributed by atoms with Gasteiger partial charge >= 0.3 is 0 Å². The molecule has 0 bridgehead atoms. The molecule has 2 fully saturated rings. The Kier molecular flexibility index (Phi) is 4.32. The summed E-state index contributed by atoms with van der Waals surface area (Å²) < 4.78 is 31.3. The van der Waals surface area contributed by atoms with Gasteiger partial charge in [-0.2, -0.15) is 4.98 Å². The molecule has 1 saturated heterocycles. The van der Waals surface area contributed by atoms with Crippen LogP contribution in [0.5, 0.6) is 0 Å². The number of aryl methyl sites for hydroxylation is 1. The third-order valence-corrected chi connectivity index (χ3v) is 4.55. The Bertz CT molecular complexity index is 720. The van der Waals surface area contributed by atoms with Crippen molar-refractivity contribution in [3.8, 4) is 0 Å². The van der Waals surface area contributed by atoms with Crippen molar-refractivity contribution in [1.29, 1.82) is 0 Å². The highest BCUT2D eigenvalue weighted by atomic mass is 19.3. The summed E-state index contributed by atoms with van der Waals surface area (Å²) in [6, 6.07) is 1.43. The third-order valence-electron chi connectivity index (χ3n) is 4.55. The van der Waals surface area contributed by atoms with Gasteiger partial charge in [0.2, 0.25) is 5.89 Å². The molecule has 0 unspecified atom stereocenters. The predicted octanol–water partition coefficient (Wildman–Crippen LogP) is 2.31. The highest BCUT2D eigenvalue weighted by molar-refractivity contribution is 5.41. The molecule has 3 heterocycles. The van der Waals surface area contributed by atoms with Crippen LogP contribution in [0.3, 0.4) is 0 Å². The molecule has 0 aromatic carbocycles. The molecule has 25 heavy (non-hydrogen) atoms. The minimum atomic E-state index is -2.57. The van der Waals surface area contributed by atoms with Crippen molar-refractivity contribution in [2.75, 3.05) is 31.1 Å². The molecule has 2 aromatic rings. The molecule has 2 aromatic heterocycles. The van der Waals surface area contributed by atoms with E-state index in [1.165, 1.54) is 6.07 Å². The maximum Gasteiger partial charge on any atom is 0.280 e. The number of aromatic nitrogens is 4. The minimum absolute atomic E-state index is 0.170. The Hall–Kier alpha value is -2.16. The molecule has 0 N–H and O–H groups in total. The number of hydrogen-bond donors (Lipinski definition) is 0. The third kappa shape index (κ3) is 3.76. The van der Waals surface area contributed by atoms with Crippen molar-refractivity contribution in [3.05, 3.63) is 29.3 Å². The predicted molar refractivity (Wildman–Crippen MR) is 85.5 cm³/mol. The van der Waals surface area contributed by atoms with E-state index in [4.69, 9.17) is 4.52 Å². The zero-order chi connectivity index (χ0) is 17.4. The standard InChI is InChI=1S/C16H20F2N6O/c1-10-19-13(22-25-10)9-23-4-6-24(7-5-23)14-8-12(15(17)18)20-16(21-14)11-2-3-11/h8,11,15H,2-7,9H2,1H3. The van der Waals surface area contributed by atoms with Gasteiger partial charge in [0.25, 0.3) is 6.43 Å². The van der Waals surface area contributed by atoms with Crippen LogP contribution in [0.4, 0.5) is 14.6 Å². The molecule has 2 aliphatic rings. The van der Waals surface area contributed by atoms with E-state index in [-0.39, 0.29) is 11.6 Å². The fourth-order valence-corrected chi connectivity index (χ4v) is 3.01. The van der Waals surface area contributed by atoms with Gasteiger partial charge in [-0.05, 0) is 12.8 Å². The second-order valence-electron chi connectivity index (χ2n) is 6.58. The van der Waals surface area contributed by atoms with Crippen LogP contribution in [0.1, 0.15) is 48.4 Å². The number of rotatable bonds is 5. The summed E-state index contributed by atoms with van der Waals surface area (Å²) >= 11 is 0. The summed E-state index contributed by atoms with van der Waals surface area (Å²) in [6.07, 6.45) is -0.587. The quantitative estimate of drug-likeness (QED) is 0.819. The average molecular weight is 350 g/mol. The molecule has 134 valence electrons. The van der Waals surface area contributed by atoms with Crippen molar-refractivity contribution in [1.82, 2.24) is 25.0 Å². The Morgan fingerprint density at radius 1 is 1.16 bits per heavy atom. The van der Waals surface area contributed by atoms with Gasteiger partial charge in [-0.3, -0.25) is 4.90 Å². The number of alkyl halides is 2. The van der Waals surface area contributed by atoms with Crippen molar-refractivity contribution in [3.63, 3.8) is 0 Å². The number of hydrogen-bond acceptors (Lipinski definition) is 7. The number of piperazine rings is 1. The average Bonchev–Trinajstić information content (AvgIpc) is 3.38. The summed E-state index contributed by atoms with van der Waals surface area (Å²) in [5, 5.41) is 3.91. The summed E-state index contributed by atoms with van der Waals surface area (Å²) in [6.45, 7) is 5.42. The maximum atomic E-state index is 13.1. The largest absolute Gasteiger partial charge is 0.354 e. The molecular formula is C16H20F2N6O. The molecule has 0 spiro atoms. The van der Waals surface area contributed by atoms with Gasteiger partial charge in [-0.1, -0.05) is 5.16 Å². The number of anilines is 1. The first kappa shape index (κ1) is 16.3. The van der Waals surface area contributed by atoms with Gasteiger partial charge in [-0.15, -0.1) is 0 Å². The van der Waals surface area contributed by atoms with Crippen LogP contribution in [0.25, 0.3) is 0 Å². The number of nitrogens with zero attached hydrogens (tertiary/aromatic N) is 6. The Balaban J connectivity index is 1.43. The summed E-state index contributed by atoms with van der Waals surface area (Å²) in [4.78, 5) is 17.1.